The molecule has 0 unspecified atom stereocenters. The molecule has 2 rings (SSSR count). The summed E-state index contributed by atoms with van der Waals surface area (Å²) in [4.78, 5) is 16.8. The number of amides is 1. The van der Waals surface area contributed by atoms with Gasteiger partial charge in [0.1, 0.15) is 0 Å². The molecule has 0 saturated carbocycles. The van der Waals surface area contributed by atoms with Gasteiger partial charge in [-0.05, 0) is 40.8 Å². The number of carbonyl (C=O) groups is 1. The molecular weight excluding hydrogens is 252 g/mol. The Morgan fingerprint density at radius 3 is 2.75 bits per heavy atom. The van der Waals surface area contributed by atoms with Crippen LogP contribution in [0.1, 0.15) is 44.5 Å². The van der Waals surface area contributed by atoms with Gasteiger partial charge in [0.25, 0.3) is 5.91 Å². The fraction of sp³-hybridized carbons (Fsp3) is 0.733. The molecule has 0 aliphatic carbocycles. The Morgan fingerprint density at radius 2 is 2.20 bits per heavy atom. The first-order valence-electron chi connectivity index (χ1n) is 7.37. The monoisotopic (exact) mass is 278 g/mol. The standard InChI is InChI=1S/C15H26N4O/c1-6-17(5)13-7-8-18(11-13)14(20)12-9-16-19(10-12)15(2,3)4/h9-10,13H,6-8,11H2,1-5H3/t13-/m1/s1. The SMILES string of the molecule is CCN(C)[C@@H]1CCN(C(=O)c2cnn(C(C)(C)C)c2)C1. The quantitative estimate of drug-likeness (QED) is 0.846. The Hall–Kier alpha value is -1.36. The van der Waals surface area contributed by atoms with Crippen LogP contribution in [0.5, 0.6) is 0 Å². The summed E-state index contributed by atoms with van der Waals surface area (Å²) in [6.07, 6.45) is 4.60. The van der Waals surface area contributed by atoms with Crippen LogP contribution >= 0.6 is 0 Å². The van der Waals surface area contributed by atoms with Crippen LogP contribution in [0, 0.1) is 0 Å². The van der Waals surface area contributed by atoms with Crippen LogP contribution in [0.25, 0.3) is 0 Å². The highest BCUT2D eigenvalue weighted by Gasteiger charge is 2.29. The lowest BCUT2D eigenvalue weighted by Crippen LogP contribution is -2.36. The summed E-state index contributed by atoms with van der Waals surface area (Å²) in [6.45, 7) is 11.1. The van der Waals surface area contributed by atoms with Crippen molar-refractivity contribution in [3.05, 3.63) is 18.0 Å². The maximum atomic E-state index is 12.5. The van der Waals surface area contributed by atoms with E-state index in [4.69, 9.17) is 0 Å². The minimum atomic E-state index is -0.0888. The van der Waals surface area contributed by atoms with E-state index in [9.17, 15) is 4.79 Å². The highest BCUT2D eigenvalue weighted by atomic mass is 16.2. The highest BCUT2D eigenvalue weighted by Crippen LogP contribution is 2.18. The maximum absolute atomic E-state index is 12.5. The van der Waals surface area contributed by atoms with Gasteiger partial charge in [-0.15, -0.1) is 0 Å². The third-order valence-electron chi connectivity index (χ3n) is 4.09. The molecule has 1 saturated heterocycles. The topological polar surface area (TPSA) is 41.4 Å². The molecule has 5 nitrogen and oxygen atoms in total. The largest absolute Gasteiger partial charge is 0.337 e. The van der Waals surface area contributed by atoms with E-state index in [1.165, 1.54) is 0 Å². The van der Waals surface area contributed by atoms with Gasteiger partial charge in [-0.1, -0.05) is 6.92 Å². The van der Waals surface area contributed by atoms with Crippen LogP contribution in [0.15, 0.2) is 12.4 Å². The fourth-order valence-corrected chi connectivity index (χ4v) is 2.53. The molecule has 1 aliphatic heterocycles. The van der Waals surface area contributed by atoms with Crippen molar-refractivity contribution in [1.29, 1.82) is 0 Å². The summed E-state index contributed by atoms with van der Waals surface area (Å²) < 4.78 is 1.85. The molecular formula is C15H26N4O. The molecule has 0 aromatic carbocycles. The molecule has 112 valence electrons. The molecule has 2 heterocycles. The normalized spacial score (nSPS) is 19.9. The number of rotatable bonds is 3. The zero-order chi connectivity index (χ0) is 14.9. The molecule has 0 bridgehead atoms. The second-order valence-electron chi connectivity index (χ2n) is 6.61. The van der Waals surface area contributed by atoms with Crippen LogP contribution < -0.4 is 0 Å². The van der Waals surface area contributed by atoms with E-state index >= 15 is 0 Å². The first kappa shape index (κ1) is 15.0. The third kappa shape index (κ3) is 3.03. The minimum Gasteiger partial charge on any atom is -0.337 e. The number of carbonyl (C=O) groups excluding carboxylic acids is 1. The first-order valence-corrected chi connectivity index (χ1v) is 7.37. The molecule has 5 heteroatoms. The van der Waals surface area contributed by atoms with E-state index < -0.39 is 0 Å². The molecule has 1 aliphatic rings. The molecule has 1 amide bonds. The van der Waals surface area contributed by atoms with Crippen molar-refractivity contribution < 1.29 is 4.79 Å². The average molecular weight is 278 g/mol. The van der Waals surface area contributed by atoms with E-state index in [1.807, 2.05) is 15.8 Å². The predicted molar refractivity (Wildman–Crippen MR) is 79.8 cm³/mol. The molecule has 0 radical (unpaired) electrons. The smallest absolute Gasteiger partial charge is 0.257 e. The molecule has 1 aromatic rings. The van der Waals surface area contributed by atoms with Crippen molar-refractivity contribution in [1.82, 2.24) is 19.6 Å². The van der Waals surface area contributed by atoms with E-state index in [0.717, 1.165) is 26.1 Å². The Morgan fingerprint density at radius 1 is 1.50 bits per heavy atom. The van der Waals surface area contributed by atoms with Gasteiger partial charge >= 0.3 is 0 Å². The van der Waals surface area contributed by atoms with Crippen LogP contribution in [0.3, 0.4) is 0 Å². The number of hydrogen-bond acceptors (Lipinski definition) is 3. The van der Waals surface area contributed by atoms with Gasteiger partial charge in [-0.25, -0.2) is 0 Å². The van der Waals surface area contributed by atoms with Gasteiger partial charge < -0.3 is 9.80 Å². The van der Waals surface area contributed by atoms with Crippen LogP contribution in [0.2, 0.25) is 0 Å². The third-order valence-corrected chi connectivity index (χ3v) is 4.09. The predicted octanol–water partition coefficient (Wildman–Crippen LogP) is 1.80. The lowest BCUT2D eigenvalue weighted by atomic mass is 10.1. The van der Waals surface area contributed by atoms with Crippen molar-refractivity contribution in [2.24, 2.45) is 0 Å². The zero-order valence-electron chi connectivity index (χ0n) is 13.3. The minimum absolute atomic E-state index is 0.0888. The van der Waals surface area contributed by atoms with Crippen molar-refractivity contribution >= 4 is 5.91 Å². The molecule has 1 atom stereocenters. The average Bonchev–Trinajstić information content (AvgIpc) is 3.05. The van der Waals surface area contributed by atoms with E-state index in [-0.39, 0.29) is 11.4 Å². The molecule has 0 N–H and O–H groups in total. The van der Waals surface area contributed by atoms with Gasteiger partial charge in [-0.3, -0.25) is 9.48 Å². The molecule has 20 heavy (non-hydrogen) atoms. The Kier molecular flexibility index (Phi) is 4.18. The van der Waals surface area contributed by atoms with Gasteiger partial charge in [0.05, 0.1) is 17.3 Å². The molecule has 1 fully saturated rings. The zero-order valence-corrected chi connectivity index (χ0v) is 13.3. The lowest BCUT2D eigenvalue weighted by Gasteiger charge is -2.23. The van der Waals surface area contributed by atoms with Gasteiger partial charge in [-0.2, -0.15) is 5.10 Å². The number of likely N-dealkylation sites (N-methyl/N-ethyl adjacent to an activating group) is 1. The summed E-state index contributed by atoms with van der Waals surface area (Å²) in [7, 11) is 2.12. The second-order valence-corrected chi connectivity index (χ2v) is 6.61. The van der Waals surface area contributed by atoms with E-state index in [0.29, 0.717) is 11.6 Å². The highest BCUT2D eigenvalue weighted by molar-refractivity contribution is 5.94. The summed E-state index contributed by atoms with van der Waals surface area (Å²) in [5.74, 6) is 0.104. The van der Waals surface area contributed by atoms with E-state index in [2.05, 4.69) is 44.7 Å². The van der Waals surface area contributed by atoms with Crippen molar-refractivity contribution in [3.63, 3.8) is 0 Å². The number of hydrogen-bond donors (Lipinski definition) is 0. The van der Waals surface area contributed by atoms with Crippen LogP contribution in [0.4, 0.5) is 0 Å². The Labute approximate surface area is 121 Å². The summed E-state index contributed by atoms with van der Waals surface area (Å²) in [5, 5.41) is 4.31. The van der Waals surface area contributed by atoms with Crippen LogP contribution in [-0.4, -0.2) is 58.2 Å². The van der Waals surface area contributed by atoms with Crippen LogP contribution in [-0.2, 0) is 5.54 Å². The Balaban J connectivity index is 2.04. The lowest BCUT2D eigenvalue weighted by molar-refractivity contribution is 0.0781. The Bertz CT molecular complexity index is 474. The second kappa shape index (κ2) is 5.56. The van der Waals surface area contributed by atoms with Gasteiger partial charge in [0.15, 0.2) is 0 Å². The summed E-state index contributed by atoms with van der Waals surface area (Å²) in [6, 6.07) is 0.488. The van der Waals surface area contributed by atoms with Gasteiger partial charge in [0, 0.05) is 25.3 Å². The first-order chi connectivity index (χ1) is 9.32. The fourth-order valence-electron chi connectivity index (χ4n) is 2.53. The van der Waals surface area contributed by atoms with Crippen molar-refractivity contribution in [2.75, 3.05) is 26.7 Å². The van der Waals surface area contributed by atoms with E-state index in [1.54, 1.807) is 6.20 Å². The number of aromatic nitrogens is 2. The van der Waals surface area contributed by atoms with Crippen molar-refractivity contribution in [2.45, 2.75) is 45.7 Å². The van der Waals surface area contributed by atoms with Crippen molar-refractivity contribution in [3.8, 4) is 0 Å². The summed E-state index contributed by atoms with van der Waals surface area (Å²) >= 11 is 0. The molecule has 1 aromatic heterocycles. The maximum Gasteiger partial charge on any atom is 0.257 e. The number of likely N-dealkylation sites (tertiary alicyclic amines) is 1. The number of nitrogens with zero attached hydrogens (tertiary/aromatic N) is 4. The van der Waals surface area contributed by atoms with Gasteiger partial charge in [0.2, 0.25) is 0 Å². The summed E-state index contributed by atoms with van der Waals surface area (Å²) in [5.41, 5.74) is 0.605. The molecule has 0 spiro atoms.